The Morgan fingerprint density at radius 1 is 1.36 bits per heavy atom. The smallest absolute Gasteiger partial charge is 0.336 e. The zero-order valence-corrected chi connectivity index (χ0v) is 15.3. The van der Waals surface area contributed by atoms with Crippen LogP contribution < -0.4 is 0 Å². The van der Waals surface area contributed by atoms with Crippen molar-refractivity contribution in [3.63, 3.8) is 0 Å². The third kappa shape index (κ3) is 2.29. The van der Waals surface area contributed by atoms with Gasteiger partial charge in [0, 0.05) is 42.9 Å². The van der Waals surface area contributed by atoms with Crippen LogP contribution in [0, 0.1) is 11.3 Å². The maximum Gasteiger partial charge on any atom is 0.336 e. The summed E-state index contributed by atoms with van der Waals surface area (Å²) in [7, 11) is 1.48. The van der Waals surface area contributed by atoms with Crippen LogP contribution in [-0.2, 0) is 23.8 Å². The summed E-state index contributed by atoms with van der Waals surface area (Å²) >= 11 is 0. The van der Waals surface area contributed by atoms with E-state index in [2.05, 4.69) is 0 Å². The predicted molar refractivity (Wildman–Crippen MR) is 86.2 cm³/mol. The van der Waals surface area contributed by atoms with Crippen LogP contribution >= 0.6 is 0 Å². The van der Waals surface area contributed by atoms with Gasteiger partial charge < -0.3 is 24.4 Å². The molecule has 7 heteroatoms. The van der Waals surface area contributed by atoms with E-state index in [9.17, 15) is 19.8 Å². The lowest BCUT2D eigenvalue weighted by atomic mass is 9.49. The Bertz CT molecular complexity index is 656. The quantitative estimate of drug-likeness (QED) is 0.715. The number of fused-ring (bicyclic) bond motifs is 2. The standard InChI is InChI=1S/C18H26O7/c1-9-13-14(23-5)16(4)10(2)12(24-11(3)19)6-7-17(16,21)8-18(13,22)25-15(9)20/h10,12,14,21-22H,6-8H2,1-5H3. The van der Waals surface area contributed by atoms with E-state index in [-0.39, 0.29) is 24.4 Å². The highest BCUT2D eigenvalue weighted by Crippen LogP contribution is 2.62. The van der Waals surface area contributed by atoms with Crippen LogP contribution in [-0.4, -0.2) is 52.9 Å². The van der Waals surface area contributed by atoms with Gasteiger partial charge in [-0.25, -0.2) is 4.79 Å². The Morgan fingerprint density at radius 3 is 2.56 bits per heavy atom. The van der Waals surface area contributed by atoms with E-state index < -0.39 is 28.9 Å². The molecule has 1 heterocycles. The SMILES string of the molecule is COC1C2=C(C)C(=O)OC2(O)CC2(O)CCC(OC(C)=O)C(C)C12C. The van der Waals surface area contributed by atoms with E-state index in [1.165, 1.54) is 14.0 Å². The summed E-state index contributed by atoms with van der Waals surface area (Å²) in [4.78, 5) is 23.5. The summed E-state index contributed by atoms with van der Waals surface area (Å²) in [6.07, 6.45) is -0.462. The van der Waals surface area contributed by atoms with Crippen molar-refractivity contribution in [3.8, 4) is 0 Å². The van der Waals surface area contributed by atoms with Crippen LogP contribution in [0.15, 0.2) is 11.1 Å². The van der Waals surface area contributed by atoms with Gasteiger partial charge in [-0.15, -0.1) is 0 Å². The van der Waals surface area contributed by atoms with E-state index >= 15 is 0 Å². The van der Waals surface area contributed by atoms with Crippen molar-refractivity contribution in [2.75, 3.05) is 7.11 Å². The molecule has 0 bridgehead atoms. The molecule has 0 aromatic carbocycles. The Morgan fingerprint density at radius 2 is 2.00 bits per heavy atom. The number of aliphatic hydroxyl groups is 2. The van der Waals surface area contributed by atoms with Crippen LogP contribution in [0.25, 0.3) is 0 Å². The van der Waals surface area contributed by atoms with Crippen LogP contribution in [0.5, 0.6) is 0 Å². The molecule has 3 rings (SSSR count). The minimum absolute atomic E-state index is 0.119. The topological polar surface area (TPSA) is 102 Å². The molecule has 0 saturated heterocycles. The van der Waals surface area contributed by atoms with Crippen LogP contribution in [0.3, 0.4) is 0 Å². The molecular weight excluding hydrogens is 328 g/mol. The lowest BCUT2D eigenvalue weighted by molar-refractivity contribution is -0.286. The van der Waals surface area contributed by atoms with Crippen molar-refractivity contribution >= 4 is 11.9 Å². The monoisotopic (exact) mass is 354 g/mol. The summed E-state index contributed by atoms with van der Waals surface area (Å²) in [5, 5.41) is 22.4. The zero-order chi connectivity index (χ0) is 18.8. The third-order valence-electron chi connectivity index (χ3n) is 6.63. The lowest BCUT2D eigenvalue weighted by Gasteiger charge is -2.62. The molecule has 2 saturated carbocycles. The minimum atomic E-state index is -1.86. The highest BCUT2D eigenvalue weighted by Gasteiger charge is 2.70. The van der Waals surface area contributed by atoms with Gasteiger partial charge in [0.1, 0.15) is 6.10 Å². The molecule has 6 unspecified atom stereocenters. The van der Waals surface area contributed by atoms with Gasteiger partial charge in [-0.2, -0.15) is 0 Å². The molecule has 2 aliphatic carbocycles. The van der Waals surface area contributed by atoms with Gasteiger partial charge in [-0.1, -0.05) is 13.8 Å². The van der Waals surface area contributed by atoms with Gasteiger partial charge in [0.25, 0.3) is 0 Å². The van der Waals surface area contributed by atoms with Gasteiger partial charge in [0.2, 0.25) is 5.79 Å². The van der Waals surface area contributed by atoms with Gasteiger partial charge in [-0.3, -0.25) is 4.79 Å². The van der Waals surface area contributed by atoms with Gasteiger partial charge in [0.15, 0.2) is 0 Å². The fourth-order valence-electron chi connectivity index (χ4n) is 5.13. The summed E-state index contributed by atoms with van der Waals surface area (Å²) in [5.74, 6) is -3.08. The first kappa shape index (κ1) is 18.4. The first-order chi connectivity index (χ1) is 11.5. The average Bonchev–Trinajstić information content (AvgIpc) is 2.72. The van der Waals surface area contributed by atoms with E-state index in [1.54, 1.807) is 6.92 Å². The van der Waals surface area contributed by atoms with E-state index in [0.717, 1.165) is 0 Å². The van der Waals surface area contributed by atoms with Crippen LogP contribution in [0.1, 0.15) is 47.0 Å². The first-order valence-corrected chi connectivity index (χ1v) is 8.59. The Labute approximate surface area is 146 Å². The molecule has 6 atom stereocenters. The van der Waals surface area contributed by atoms with Gasteiger partial charge in [-0.05, 0) is 19.8 Å². The Hall–Kier alpha value is -1.44. The molecule has 0 radical (unpaired) electrons. The molecule has 1 aliphatic heterocycles. The predicted octanol–water partition coefficient (Wildman–Crippen LogP) is 1.07. The van der Waals surface area contributed by atoms with E-state index in [1.807, 2.05) is 13.8 Å². The van der Waals surface area contributed by atoms with Crippen LogP contribution in [0.4, 0.5) is 0 Å². The molecule has 2 fully saturated rings. The highest BCUT2D eigenvalue weighted by atomic mass is 16.7. The molecule has 3 aliphatic rings. The third-order valence-corrected chi connectivity index (χ3v) is 6.63. The Kier molecular flexibility index (Phi) is 4.06. The van der Waals surface area contributed by atoms with Gasteiger partial charge >= 0.3 is 11.9 Å². The number of hydrogen-bond donors (Lipinski definition) is 2. The number of ether oxygens (including phenoxy) is 3. The maximum atomic E-state index is 12.1. The normalized spacial score (nSPS) is 46.4. The molecule has 0 amide bonds. The van der Waals surface area contributed by atoms with Gasteiger partial charge in [0.05, 0.1) is 11.7 Å². The number of rotatable bonds is 2. The highest BCUT2D eigenvalue weighted by molar-refractivity contribution is 5.92. The van der Waals surface area contributed by atoms with Crippen molar-refractivity contribution < 1.29 is 34.0 Å². The second kappa shape index (κ2) is 5.53. The number of methoxy groups -OCH3 is 1. The largest absolute Gasteiger partial charge is 0.462 e. The van der Waals surface area contributed by atoms with E-state index in [0.29, 0.717) is 24.0 Å². The maximum absolute atomic E-state index is 12.1. The number of carbonyl (C=O) groups is 2. The van der Waals surface area contributed by atoms with Crippen molar-refractivity contribution in [1.29, 1.82) is 0 Å². The van der Waals surface area contributed by atoms with Crippen molar-refractivity contribution in [3.05, 3.63) is 11.1 Å². The number of hydrogen-bond acceptors (Lipinski definition) is 7. The number of esters is 2. The van der Waals surface area contributed by atoms with Crippen molar-refractivity contribution in [2.24, 2.45) is 11.3 Å². The van der Waals surface area contributed by atoms with Crippen molar-refractivity contribution in [2.45, 2.75) is 70.6 Å². The zero-order valence-electron chi connectivity index (χ0n) is 15.3. The van der Waals surface area contributed by atoms with Crippen molar-refractivity contribution in [1.82, 2.24) is 0 Å². The second-order valence-corrected chi connectivity index (χ2v) is 7.79. The average molecular weight is 354 g/mol. The number of carbonyl (C=O) groups excluding carboxylic acids is 2. The molecule has 7 nitrogen and oxygen atoms in total. The summed E-state index contributed by atoms with van der Waals surface area (Å²) in [5.41, 5.74) is -1.52. The molecular formula is C18H26O7. The molecule has 0 aromatic heterocycles. The molecule has 140 valence electrons. The summed E-state index contributed by atoms with van der Waals surface area (Å²) < 4.78 is 16.4. The molecule has 25 heavy (non-hydrogen) atoms. The second-order valence-electron chi connectivity index (χ2n) is 7.79. The van der Waals surface area contributed by atoms with Crippen LogP contribution in [0.2, 0.25) is 0 Å². The molecule has 2 N–H and O–H groups in total. The summed E-state index contributed by atoms with van der Waals surface area (Å²) in [6.45, 7) is 6.72. The fraction of sp³-hybridized carbons (Fsp3) is 0.778. The minimum Gasteiger partial charge on any atom is -0.462 e. The summed E-state index contributed by atoms with van der Waals surface area (Å²) in [6, 6.07) is 0. The molecule has 0 aromatic rings. The lowest BCUT2D eigenvalue weighted by Crippen LogP contribution is -2.70. The Balaban J connectivity index is 2.12. The first-order valence-electron chi connectivity index (χ1n) is 8.59. The molecule has 0 spiro atoms. The fourth-order valence-corrected chi connectivity index (χ4v) is 5.13. The van der Waals surface area contributed by atoms with E-state index in [4.69, 9.17) is 14.2 Å².